The van der Waals surface area contributed by atoms with Gasteiger partial charge >= 0.3 is 0 Å². The van der Waals surface area contributed by atoms with Gasteiger partial charge in [0, 0.05) is 31.5 Å². The van der Waals surface area contributed by atoms with Crippen LogP contribution in [0, 0.1) is 0 Å². The Bertz CT molecular complexity index is 626. The minimum absolute atomic E-state index is 0.123. The van der Waals surface area contributed by atoms with Crippen LogP contribution in [-0.2, 0) is 15.1 Å². The Labute approximate surface area is 129 Å². The molecule has 1 aromatic heterocycles. The summed E-state index contributed by atoms with van der Waals surface area (Å²) in [5.41, 5.74) is 0.802. The number of rotatable bonds is 1. The zero-order valence-electron chi connectivity index (χ0n) is 12.9. The summed E-state index contributed by atoms with van der Waals surface area (Å²) in [6.45, 7) is 6.19. The van der Waals surface area contributed by atoms with Crippen LogP contribution in [0.4, 0.5) is 0 Å². The van der Waals surface area contributed by atoms with Gasteiger partial charge in [0.1, 0.15) is 5.57 Å². The van der Waals surface area contributed by atoms with E-state index in [2.05, 4.69) is 20.8 Å². The zero-order valence-corrected chi connectivity index (χ0v) is 13.7. The Morgan fingerprint density at radius 2 is 1.62 bits per heavy atom. The maximum absolute atomic E-state index is 12.3. The van der Waals surface area contributed by atoms with E-state index in [9.17, 15) is 9.59 Å². The van der Waals surface area contributed by atoms with Gasteiger partial charge in [-0.3, -0.25) is 19.4 Å². The van der Waals surface area contributed by atoms with Crippen LogP contribution in [0.3, 0.4) is 0 Å². The number of likely N-dealkylation sites (N-methyl/N-ethyl adjacent to an activating group) is 2. The molecule has 0 unspecified atom stereocenters. The second-order valence-electron chi connectivity index (χ2n) is 6.04. The highest BCUT2D eigenvalue weighted by atomic mass is 32.1. The lowest BCUT2D eigenvalue weighted by molar-refractivity contribution is -0.132. The summed E-state index contributed by atoms with van der Waals surface area (Å²) in [6, 6.07) is 3.78. The maximum Gasteiger partial charge on any atom is 0.265 e. The number of thiocarbonyl (C=S) groups is 1. The molecule has 1 aliphatic heterocycles. The Balaban J connectivity index is 2.50. The normalized spacial score (nSPS) is 16.8. The highest BCUT2D eigenvalue weighted by molar-refractivity contribution is 7.80. The fraction of sp³-hybridized carbons (Fsp3) is 0.400. The number of carbonyl (C=O) groups excluding carboxylic acids is 2. The average Bonchev–Trinajstić information content (AvgIpc) is 2.87. The summed E-state index contributed by atoms with van der Waals surface area (Å²) in [4.78, 5) is 27.2. The first-order valence-corrected chi connectivity index (χ1v) is 7.05. The molecular formula is C15H19N3O2S. The molecule has 2 rings (SSSR count). The molecule has 0 radical (unpaired) electrons. The topological polar surface area (TPSA) is 45.6 Å². The molecule has 112 valence electrons. The van der Waals surface area contributed by atoms with Gasteiger partial charge in [-0.1, -0.05) is 0 Å². The molecule has 1 saturated heterocycles. The molecule has 5 nitrogen and oxygen atoms in total. The summed E-state index contributed by atoms with van der Waals surface area (Å²) in [5, 5.41) is 0.216. The third kappa shape index (κ3) is 2.63. The molecule has 1 fully saturated rings. The highest BCUT2D eigenvalue weighted by Crippen LogP contribution is 2.22. The van der Waals surface area contributed by atoms with Gasteiger partial charge in [-0.05, 0) is 51.2 Å². The third-order valence-electron chi connectivity index (χ3n) is 3.44. The maximum atomic E-state index is 12.3. The molecule has 2 heterocycles. The molecule has 0 saturated carbocycles. The first kappa shape index (κ1) is 15.4. The van der Waals surface area contributed by atoms with Crippen molar-refractivity contribution in [1.82, 2.24) is 14.4 Å². The monoisotopic (exact) mass is 305 g/mol. The van der Waals surface area contributed by atoms with Crippen LogP contribution in [0.5, 0.6) is 0 Å². The van der Waals surface area contributed by atoms with Crippen molar-refractivity contribution < 1.29 is 9.59 Å². The molecule has 1 aromatic rings. The van der Waals surface area contributed by atoms with Gasteiger partial charge in [-0.25, -0.2) is 0 Å². The second-order valence-corrected chi connectivity index (χ2v) is 6.41. The average molecular weight is 305 g/mol. The van der Waals surface area contributed by atoms with Crippen molar-refractivity contribution in [3.63, 3.8) is 0 Å². The van der Waals surface area contributed by atoms with Gasteiger partial charge in [0.15, 0.2) is 5.11 Å². The Hall–Kier alpha value is -1.95. The molecule has 1 aliphatic rings. The van der Waals surface area contributed by atoms with E-state index in [0.717, 1.165) is 5.69 Å². The third-order valence-corrected chi connectivity index (χ3v) is 3.99. The molecule has 0 aliphatic carbocycles. The van der Waals surface area contributed by atoms with E-state index in [4.69, 9.17) is 12.2 Å². The molecule has 0 N–H and O–H groups in total. The summed E-state index contributed by atoms with van der Waals surface area (Å²) < 4.78 is 2.02. The van der Waals surface area contributed by atoms with Gasteiger partial charge in [-0.2, -0.15) is 0 Å². The lowest BCUT2D eigenvalue weighted by Gasteiger charge is -2.32. The number of hydrogen-bond donors (Lipinski definition) is 0. The van der Waals surface area contributed by atoms with Crippen LogP contribution in [0.2, 0.25) is 0 Å². The van der Waals surface area contributed by atoms with Crippen molar-refractivity contribution in [2.45, 2.75) is 26.3 Å². The molecule has 2 amide bonds. The van der Waals surface area contributed by atoms with Gasteiger partial charge < -0.3 is 4.57 Å². The fourth-order valence-corrected chi connectivity index (χ4v) is 2.41. The predicted octanol–water partition coefficient (Wildman–Crippen LogP) is 1.84. The van der Waals surface area contributed by atoms with E-state index in [1.54, 1.807) is 20.2 Å². The highest BCUT2D eigenvalue weighted by Gasteiger charge is 2.35. The minimum Gasteiger partial charge on any atom is -0.343 e. The van der Waals surface area contributed by atoms with E-state index in [1.807, 2.05) is 22.9 Å². The quantitative estimate of drug-likeness (QED) is 0.452. The van der Waals surface area contributed by atoms with Gasteiger partial charge in [-0.15, -0.1) is 0 Å². The number of aromatic nitrogens is 1. The Kier molecular flexibility index (Phi) is 3.76. The van der Waals surface area contributed by atoms with Crippen molar-refractivity contribution in [3.05, 3.63) is 29.6 Å². The van der Waals surface area contributed by atoms with Gasteiger partial charge in [0.05, 0.1) is 0 Å². The van der Waals surface area contributed by atoms with Crippen molar-refractivity contribution in [1.29, 1.82) is 0 Å². The number of carbonyl (C=O) groups is 2. The first-order chi connectivity index (χ1) is 9.64. The largest absolute Gasteiger partial charge is 0.343 e. The second kappa shape index (κ2) is 5.11. The summed E-state index contributed by atoms with van der Waals surface area (Å²) in [7, 11) is 3.15. The lowest BCUT2D eigenvalue weighted by Crippen LogP contribution is -2.52. The molecule has 21 heavy (non-hydrogen) atoms. The number of nitrogens with zero attached hydrogens (tertiary/aromatic N) is 3. The van der Waals surface area contributed by atoms with Crippen molar-refractivity contribution >= 4 is 35.2 Å². The van der Waals surface area contributed by atoms with Gasteiger partial charge in [0.25, 0.3) is 11.8 Å². The fourth-order valence-electron chi connectivity index (χ4n) is 2.25. The van der Waals surface area contributed by atoms with Gasteiger partial charge in [0.2, 0.25) is 0 Å². The molecule has 0 spiro atoms. The first-order valence-electron chi connectivity index (χ1n) is 6.64. The van der Waals surface area contributed by atoms with E-state index in [0.29, 0.717) is 0 Å². The Morgan fingerprint density at radius 1 is 1.10 bits per heavy atom. The molecule has 0 bridgehead atoms. The van der Waals surface area contributed by atoms with E-state index >= 15 is 0 Å². The van der Waals surface area contributed by atoms with Crippen LogP contribution >= 0.6 is 12.2 Å². The predicted molar refractivity (Wildman–Crippen MR) is 85.5 cm³/mol. The molecular weight excluding hydrogens is 286 g/mol. The summed E-state index contributed by atoms with van der Waals surface area (Å²) >= 11 is 5.07. The van der Waals surface area contributed by atoms with Crippen molar-refractivity contribution in [2.24, 2.45) is 0 Å². The van der Waals surface area contributed by atoms with Crippen LogP contribution in [0.1, 0.15) is 26.5 Å². The zero-order chi connectivity index (χ0) is 15.9. The Morgan fingerprint density at radius 3 is 2.10 bits per heavy atom. The van der Waals surface area contributed by atoms with Crippen LogP contribution in [0.15, 0.2) is 23.9 Å². The lowest BCUT2D eigenvalue weighted by atomic mass is 10.1. The van der Waals surface area contributed by atoms with Crippen LogP contribution < -0.4 is 0 Å². The number of hydrogen-bond acceptors (Lipinski definition) is 3. The number of amides is 2. The van der Waals surface area contributed by atoms with E-state index < -0.39 is 0 Å². The summed E-state index contributed by atoms with van der Waals surface area (Å²) in [5.74, 6) is -0.741. The molecule has 6 heteroatoms. The summed E-state index contributed by atoms with van der Waals surface area (Å²) in [6.07, 6.45) is 3.56. The van der Waals surface area contributed by atoms with Crippen molar-refractivity contribution in [3.8, 4) is 0 Å². The minimum atomic E-state index is -0.371. The van der Waals surface area contributed by atoms with Crippen molar-refractivity contribution in [2.75, 3.05) is 14.1 Å². The van der Waals surface area contributed by atoms with E-state index in [-0.39, 0.29) is 28.0 Å². The molecule has 0 aromatic carbocycles. The van der Waals surface area contributed by atoms with Crippen LogP contribution in [0.25, 0.3) is 6.08 Å². The SMILES string of the molecule is CN1C(=O)C(=Cc2cccn2C(C)(C)C)C(=O)N(C)C1=S. The van der Waals surface area contributed by atoms with E-state index in [1.165, 1.54) is 9.80 Å². The molecule has 0 atom stereocenters. The standard InChI is InChI=1S/C15H19N3O2S/c1-15(2,3)18-8-6-7-10(18)9-11-12(19)16(4)14(21)17(5)13(11)20/h6-9H,1-5H3. The van der Waals surface area contributed by atoms with Crippen LogP contribution in [-0.4, -0.2) is 45.4 Å². The smallest absolute Gasteiger partial charge is 0.265 e.